The van der Waals surface area contributed by atoms with Crippen molar-refractivity contribution >= 4 is 5.91 Å². The molecule has 1 amide bonds. The number of fused-ring (bicyclic) bond motifs is 1. The Labute approximate surface area is 90.9 Å². The molecule has 0 saturated carbocycles. The van der Waals surface area contributed by atoms with E-state index in [2.05, 4.69) is 19.9 Å². The molecule has 1 heterocycles. The topological polar surface area (TPSA) is 20.3 Å². The summed E-state index contributed by atoms with van der Waals surface area (Å²) in [6, 6.07) is 6.10. The summed E-state index contributed by atoms with van der Waals surface area (Å²) in [5.74, 6) is 0.207. The van der Waals surface area contributed by atoms with Gasteiger partial charge in [-0.15, -0.1) is 0 Å². The van der Waals surface area contributed by atoms with E-state index >= 15 is 0 Å². The van der Waals surface area contributed by atoms with Gasteiger partial charge in [0.05, 0.1) is 0 Å². The Kier molecular flexibility index (Phi) is 2.76. The van der Waals surface area contributed by atoms with Crippen molar-refractivity contribution in [3.05, 3.63) is 34.9 Å². The highest BCUT2D eigenvalue weighted by molar-refractivity contribution is 5.98. The zero-order valence-electron chi connectivity index (χ0n) is 9.42. The SMILES string of the molecule is CCCCN1Cc2cc(C)ccc2C1=O. The van der Waals surface area contributed by atoms with Crippen LogP contribution in [0.3, 0.4) is 0 Å². The van der Waals surface area contributed by atoms with Crippen molar-refractivity contribution in [1.29, 1.82) is 0 Å². The lowest BCUT2D eigenvalue weighted by Crippen LogP contribution is -2.24. The molecule has 1 aliphatic rings. The Morgan fingerprint density at radius 3 is 2.93 bits per heavy atom. The molecule has 1 aromatic carbocycles. The quantitative estimate of drug-likeness (QED) is 0.739. The molecule has 2 heteroatoms. The molecule has 0 aromatic heterocycles. The van der Waals surface area contributed by atoms with Gasteiger partial charge in [-0.2, -0.15) is 0 Å². The maximum absolute atomic E-state index is 11.9. The van der Waals surface area contributed by atoms with Crippen LogP contribution in [0.4, 0.5) is 0 Å². The lowest BCUT2D eigenvalue weighted by molar-refractivity contribution is 0.0776. The normalized spacial score (nSPS) is 14.5. The molecular formula is C13H17NO. The molecule has 2 nitrogen and oxygen atoms in total. The lowest BCUT2D eigenvalue weighted by atomic mass is 10.1. The molecule has 1 aromatic rings. The molecule has 0 atom stereocenters. The van der Waals surface area contributed by atoms with Crippen molar-refractivity contribution in [3.8, 4) is 0 Å². The van der Waals surface area contributed by atoms with Crippen molar-refractivity contribution in [2.24, 2.45) is 0 Å². The molecule has 0 bridgehead atoms. The Bertz CT molecular complexity index is 384. The fourth-order valence-electron chi connectivity index (χ4n) is 2.04. The van der Waals surface area contributed by atoms with E-state index in [9.17, 15) is 4.79 Å². The first kappa shape index (κ1) is 10.2. The highest BCUT2D eigenvalue weighted by Crippen LogP contribution is 2.23. The average molecular weight is 203 g/mol. The molecular weight excluding hydrogens is 186 g/mol. The number of unbranched alkanes of at least 4 members (excludes halogenated alkanes) is 1. The van der Waals surface area contributed by atoms with Gasteiger partial charge in [-0.25, -0.2) is 0 Å². The maximum Gasteiger partial charge on any atom is 0.254 e. The van der Waals surface area contributed by atoms with Gasteiger partial charge < -0.3 is 4.90 Å². The summed E-state index contributed by atoms with van der Waals surface area (Å²) in [4.78, 5) is 13.9. The average Bonchev–Trinajstić information content (AvgIpc) is 2.52. The standard InChI is InChI=1S/C13H17NO/c1-3-4-7-14-9-11-8-10(2)5-6-12(11)13(14)15/h5-6,8H,3-4,7,9H2,1-2H3. The van der Waals surface area contributed by atoms with Crippen LogP contribution in [0.25, 0.3) is 0 Å². The predicted molar refractivity (Wildman–Crippen MR) is 60.8 cm³/mol. The van der Waals surface area contributed by atoms with E-state index in [1.54, 1.807) is 0 Å². The summed E-state index contributed by atoms with van der Waals surface area (Å²) in [6.07, 6.45) is 2.23. The second kappa shape index (κ2) is 4.05. The third kappa shape index (κ3) is 1.89. The molecule has 0 radical (unpaired) electrons. The summed E-state index contributed by atoms with van der Waals surface area (Å²) in [7, 11) is 0. The zero-order chi connectivity index (χ0) is 10.8. The number of carbonyl (C=O) groups is 1. The monoisotopic (exact) mass is 203 g/mol. The second-order valence-electron chi connectivity index (χ2n) is 4.24. The van der Waals surface area contributed by atoms with Gasteiger partial charge in [-0.1, -0.05) is 31.0 Å². The van der Waals surface area contributed by atoms with Crippen LogP contribution in [0.1, 0.15) is 41.3 Å². The minimum atomic E-state index is 0.207. The van der Waals surface area contributed by atoms with Gasteiger partial charge in [0.25, 0.3) is 5.91 Å². The van der Waals surface area contributed by atoms with Crippen molar-refractivity contribution < 1.29 is 4.79 Å². The third-order valence-electron chi connectivity index (χ3n) is 2.92. The molecule has 0 N–H and O–H groups in total. The van der Waals surface area contributed by atoms with Crippen LogP contribution < -0.4 is 0 Å². The van der Waals surface area contributed by atoms with E-state index in [1.807, 2.05) is 17.0 Å². The van der Waals surface area contributed by atoms with Gasteiger partial charge in [0.2, 0.25) is 0 Å². The van der Waals surface area contributed by atoms with Gasteiger partial charge >= 0.3 is 0 Å². The smallest absolute Gasteiger partial charge is 0.254 e. The highest BCUT2D eigenvalue weighted by atomic mass is 16.2. The van der Waals surface area contributed by atoms with Crippen LogP contribution in [-0.4, -0.2) is 17.4 Å². The number of aryl methyl sites for hydroxylation is 1. The Hall–Kier alpha value is -1.31. The van der Waals surface area contributed by atoms with Crippen molar-refractivity contribution in [2.75, 3.05) is 6.54 Å². The first-order valence-corrected chi connectivity index (χ1v) is 5.61. The van der Waals surface area contributed by atoms with E-state index in [0.717, 1.165) is 31.5 Å². The molecule has 15 heavy (non-hydrogen) atoms. The van der Waals surface area contributed by atoms with E-state index < -0.39 is 0 Å². The van der Waals surface area contributed by atoms with Crippen LogP contribution in [0, 0.1) is 6.92 Å². The number of hydrogen-bond acceptors (Lipinski definition) is 1. The minimum absolute atomic E-state index is 0.207. The Balaban J connectivity index is 2.18. The Morgan fingerprint density at radius 2 is 2.20 bits per heavy atom. The molecule has 0 fully saturated rings. The molecule has 0 aliphatic carbocycles. The largest absolute Gasteiger partial charge is 0.334 e. The molecule has 1 aliphatic heterocycles. The van der Waals surface area contributed by atoms with Crippen LogP contribution >= 0.6 is 0 Å². The second-order valence-corrected chi connectivity index (χ2v) is 4.24. The van der Waals surface area contributed by atoms with Crippen LogP contribution in [0.2, 0.25) is 0 Å². The number of nitrogens with zero attached hydrogens (tertiary/aromatic N) is 1. The number of rotatable bonds is 3. The predicted octanol–water partition coefficient (Wildman–Crippen LogP) is 2.75. The molecule has 0 saturated heterocycles. The van der Waals surface area contributed by atoms with Crippen molar-refractivity contribution in [1.82, 2.24) is 4.90 Å². The first-order chi connectivity index (χ1) is 7.22. The highest BCUT2D eigenvalue weighted by Gasteiger charge is 2.26. The maximum atomic E-state index is 11.9. The lowest BCUT2D eigenvalue weighted by Gasteiger charge is -2.14. The van der Waals surface area contributed by atoms with Gasteiger partial charge in [0.1, 0.15) is 0 Å². The van der Waals surface area contributed by atoms with Crippen LogP contribution in [0.5, 0.6) is 0 Å². The van der Waals surface area contributed by atoms with Gasteiger partial charge in [0.15, 0.2) is 0 Å². The van der Waals surface area contributed by atoms with Gasteiger partial charge in [-0.05, 0) is 25.0 Å². The van der Waals surface area contributed by atoms with E-state index in [4.69, 9.17) is 0 Å². The molecule has 2 rings (SSSR count). The number of hydrogen-bond donors (Lipinski definition) is 0. The summed E-state index contributed by atoms with van der Waals surface area (Å²) in [6.45, 7) is 5.91. The number of amides is 1. The summed E-state index contributed by atoms with van der Waals surface area (Å²) in [5.41, 5.74) is 3.33. The zero-order valence-corrected chi connectivity index (χ0v) is 9.42. The number of benzene rings is 1. The molecule has 0 spiro atoms. The minimum Gasteiger partial charge on any atom is -0.334 e. The molecule has 0 unspecified atom stereocenters. The fraction of sp³-hybridized carbons (Fsp3) is 0.462. The number of carbonyl (C=O) groups excluding carboxylic acids is 1. The third-order valence-corrected chi connectivity index (χ3v) is 2.92. The van der Waals surface area contributed by atoms with Crippen molar-refractivity contribution in [2.45, 2.75) is 33.2 Å². The summed E-state index contributed by atoms with van der Waals surface area (Å²) in [5, 5.41) is 0. The van der Waals surface area contributed by atoms with E-state index in [0.29, 0.717) is 0 Å². The summed E-state index contributed by atoms with van der Waals surface area (Å²) >= 11 is 0. The first-order valence-electron chi connectivity index (χ1n) is 5.61. The van der Waals surface area contributed by atoms with Gasteiger partial charge in [0, 0.05) is 18.7 Å². The summed E-state index contributed by atoms with van der Waals surface area (Å²) < 4.78 is 0. The molecule has 80 valence electrons. The fourth-order valence-corrected chi connectivity index (χ4v) is 2.04. The van der Waals surface area contributed by atoms with Crippen LogP contribution in [0.15, 0.2) is 18.2 Å². The van der Waals surface area contributed by atoms with E-state index in [1.165, 1.54) is 11.1 Å². The van der Waals surface area contributed by atoms with Crippen molar-refractivity contribution in [3.63, 3.8) is 0 Å². The Morgan fingerprint density at radius 1 is 1.40 bits per heavy atom. The van der Waals surface area contributed by atoms with E-state index in [-0.39, 0.29) is 5.91 Å². The van der Waals surface area contributed by atoms with Gasteiger partial charge in [-0.3, -0.25) is 4.79 Å². The van der Waals surface area contributed by atoms with Crippen LogP contribution in [-0.2, 0) is 6.54 Å².